The number of amides is 1. The zero-order valence-electron chi connectivity index (χ0n) is 13.6. The van der Waals surface area contributed by atoms with Crippen LogP contribution in [-0.4, -0.2) is 31.9 Å². The molecule has 2 N–H and O–H groups in total. The van der Waals surface area contributed by atoms with Crippen molar-refractivity contribution < 1.29 is 14.3 Å². The molecule has 0 radical (unpaired) electrons. The van der Waals surface area contributed by atoms with Gasteiger partial charge in [-0.3, -0.25) is 0 Å². The topological polar surface area (TPSA) is 59.6 Å². The number of anilines is 1. The lowest BCUT2D eigenvalue weighted by Crippen LogP contribution is -2.33. The number of rotatable bonds is 6. The van der Waals surface area contributed by atoms with Gasteiger partial charge in [0.25, 0.3) is 0 Å². The van der Waals surface area contributed by atoms with Gasteiger partial charge in [-0.1, -0.05) is 0 Å². The first-order valence-electron chi connectivity index (χ1n) is 7.17. The van der Waals surface area contributed by atoms with E-state index in [1.54, 1.807) is 7.11 Å². The van der Waals surface area contributed by atoms with Gasteiger partial charge in [0.2, 0.25) is 0 Å². The van der Waals surface area contributed by atoms with Gasteiger partial charge in [-0.15, -0.1) is 0 Å². The van der Waals surface area contributed by atoms with Crippen LogP contribution in [0.4, 0.5) is 10.5 Å². The monoisotopic (exact) mass is 294 g/mol. The number of nitrogens with one attached hydrogen (secondary N) is 2. The van der Waals surface area contributed by atoms with Crippen molar-refractivity contribution in [3.05, 3.63) is 23.8 Å². The molecule has 5 nitrogen and oxygen atoms in total. The number of alkyl carbamates (subject to hydrolysis) is 1. The first-order chi connectivity index (χ1) is 9.81. The Kier molecular flexibility index (Phi) is 6.34. The molecule has 0 spiro atoms. The average molecular weight is 294 g/mol. The summed E-state index contributed by atoms with van der Waals surface area (Å²) in [5, 5.41) is 6.05. The summed E-state index contributed by atoms with van der Waals surface area (Å²) >= 11 is 0. The molecule has 0 heterocycles. The molecule has 5 heteroatoms. The van der Waals surface area contributed by atoms with Gasteiger partial charge in [-0.05, 0) is 57.9 Å². The third-order valence-electron chi connectivity index (χ3n) is 2.75. The number of carbonyl (C=O) groups is 1. The Hall–Kier alpha value is -1.91. The fraction of sp³-hybridized carbons (Fsp3) is 0.562. The molecule has 118 valence electrons. The highest BCUT2D eigenvalue weighted by Gasteiger charge is 2.15. The lowest BCUT2D eigenvalue weighted by atomic mass is 10.2. The molecule has 0 aliphatic rings. The fourth-order valence-electron chi connectivity index (χ4n) is 1.81. The number of hydrogen-bond acceptors (Lipinski definition) is 4. The molecule has 1 aromatic carbocycles. The van der Waals surface area contributed by atoms with E-state index in [1.807, 2.05) is 45.9 Å². The van der Waals surface area contributed by atoms with Gasteiger partial charge in [0.1, 0.15) is 11.4 Å². The van der Waals surface area contributed by atoms with E-state index < -0.39 is 5.60 Å². The van der Waals surface area contributed by atoms with E-state index in [4.69, 9.17) is 9.47 Å². The van der Waals surface area contributed by atoms with Crippen molar-refractivity contribution in [1.82, 2.24) is 5.32 Å². The molecule has 21 heavy (non-hydrogen) atoms. The summed E-state index contributed by atoms with van der Waals surface area (Å²) in [7, 11) is 1.66. The summed E-state index contributed by atoms with van der Waals surface area (Å²) in [4.78, 5) is 11.4. The Morgan fingerprint density at radius 2 is 1.95 bits per heavy atom. The van der Waals surface area contributed by atoms with Gasteiger partial charge in [0.15, 0.2) is 0 Å². The maximum Gasteiger partial charge on any atom is 0.407 e. The smallest absolute Gasteiger partial charge is 0.407 e. The van der Waals surface area contributed by atoms with Crippen LogP contribution in [0, 0.1) is 6.92 Å². The van der Waals surface area contributed by atoms with Gasteiger partial charge in [0, 0.05) is 18.8 Å². The lowest BCUT2D eigenvalue weighted by molar-refractivity contribution is 0.0528. The predicted molar refractivity (Wildman–Crippen MR) is 85.1 cm³/mol. The fourth-order valence-corrected chi connectivity index (χ4v) is 1.81. The van der Waals surface area contributed by atoms with Crippen LogP contribution < -0.4 is 15.4 Å². The molecule has 1 rings (SSSR count). The van der Waals surface area contributed by atoms with Crippen LogP contribution in [0.15, 0.2) is 18.2 Å². The van der Waals surface area contributed by atoms with Gasteiger partial charge in [-0.2, -0.15) is 0 Å². The minimum absolute atomic E-state index is 0.372. The quantitative estimate of drug-likeness (QED) is 0.790. The highest BCUT2D eigenvalue weighted by atomic mass is 16.6. The zero-order chi connectivity index (χ0) is 15.9. The first-order valence-corrected chi connectivity index (χ1v) is 7.17. The summed E-state index contributed by atoms with van der Waals surface area (Å²) in [6.45, 7) is 8.91. The molecule has 0 aliphatic carbocycles. The predicted octanol–water partition coefficient (Wildman–Crippen LogP) is 3.33. The van der Waals surface area contributed by atoms with Crippen LogP contribution in [-0.2, 0) is 4.74 Å². The van der Waals surface area contributed by atoms with E-state index in [-0.39, 0.29) is 6.09 Å². The van der Waals surface area contributed by atoms with Crippen molar-refractivity contribution in [1.29, 1.82) is 0 Å². The van der Waals surface area contributed by atoms with Crippen LogP contribution in [0.2, 0.25) is 0 Å². The van der Waals surface area contributed by atoms with Gasteiger partial charge >= 0.3 is 6.09 Å². The van der Waals surface area contributed by atoms with Gasteiger partial charge in [-0.25, -0.2) is 4.79 Å². The Morgan fingerprint density at radius 3 is 2.52 bits per heavy atom. The summed E-state index contributed by atoms with van der Waals surface area (Å²) in [6.07, 6.45) is 0.451. The van der Waals surface area contributed by atoms with Gasteiger partial charge in [0.05, 0.1) is 7.11 Å². The molecule has 0 saturated heterocycles. The van der Waals surface area contributed by atoms with E-state index in [0.29, 0.717) is 6.54 Å². The number of methoxy groups -OCH3 is 1. The van der Waals surface area contributed by atoms with Crippen LogP contribution in [0.5, 0.6) is 5.75 Å². The van der Waals surface area contributed by atoms with E-state index in [0.717, 1.165) is 30.0 Å². The molecule has 0 atom stereocenters. The SMILES string of the molecule is COc1ccc(NCCCNC(=O)OC(C)(C)C)cc1C. The molecule has 0 fully saturated rings. The average Bonchev–Trinajstić information content (AvgIpc) is 2.36. The molecule has 0 saturated carbocycles. The Balaban J connectivity index is 2.23. The second-order valence-corrected chi connectivity index (χ2v) is 5.89. The van der Waals surface area contributed by atoms with E-state index in [9.17, 15) is 4.79 Å². The van der Waals surface area contributed by atoms with Crippen LogP contribution in [0.25, 0.3) is 0 Å². The van der Waals surface area contributed by atoms with Crippen LogP contribution >= 0.6 is 0 Å². The van der Waals surface area contributed by atoms with Crippen LogP contribution in [0.1, 0.15) is 32.8 Å². The summed E-state index contributed by atoms with van der Waals surface area (Å²) in [6, 6.07) is 5.96. The maximum absolute atomic E-state index is 11.4. The van der Waals surface area contributed by atoms with Crippen molar-refractivity contribution in [3.63, 3.8) is 0 Å². The minimum Gasteiger partial charge on any atom is -0.496 e. The second kappa shape index (κ2) is 7.76. The third-order valence-corrected chi connectivity index (χ3v) is 2.75. The standard InChI is InChI=1S/C16H26N2O3/c1-12-11-13(7-8-14(12)20-5)17-9-6-10-18-15(19)21-16(2,3)4/h7-8,11,17H,6,9-10H2,1-5H3,(H,18,19). The van der Waals surface area contributed by atoms with Crippen LogP contribution in [0.3, 0.4) is 0 Å². The minimum atomic E-state index is -0.455. The highest BCUT2D eigenvalue weighted by Crippen LogP contribution is 2.21. The van der Waals surface area contributed by atoms with Crippen molar-refractivity contribution in [3.8, 4) is 5.75 Å². The maximum atomic E-state index is 11.4. The summed E-state index contributed by atoms with van der Waals surface area (Å²) in [5.74, 6) is 0.882. The molecule has 0 bridgehead atoms. The number of carbonyl (C=O) groups excluding carboxylic acids is 1. The highest BCUT2D eigenvalue weighted by molar-refractivity contribution is 5.67. The normalized spacial score (nSPS) is 10.9. The lowest BCUT2D eigenvalue weighted by Gasteiger charge is -2.19. The largest absolute Gasteiger partial charge is 0.496 e. The number of hydrogen-bond donors (Lipinski definition) is 2. The Labute approximate surface area is 127 Å². The molecular weight excluding hydrogens is 268 g/mol. The molecule has 0 unspecified atom stereocenters. The Morgan fingerprint density at radius 1 is 1.24 bits per heavy atom. The number of benzene rings is 1. The van der Waals surface area contributed by atoms with E-state index in [2.05, 4.69) is 10.6 Å². The van der Waals surface area contributed by atoms with Crippen molar-refractivity contribution >= 4 is 11.8 Å². The number of ether oxygens (including phenoxy) is 2. The zero-order valence-corrected chi connectivity index (χ0v) is 13.6. The van der Waals surface area contributed by atoms with Crippen molar-refractivity contribution in [2.24, 2.45) is 0 Å². The van der Waals surface area contributed by atoms with E-state index in [1.165, 1.54) is 0 Å². The molecule has 0 aliphatic heterocycles. The molecular formula is C16H26N2O3. The Bertz CT molecular complexity index is 467. The molecule has 0 aromatic heterocycles. The number of aryl methyl sites for hydroxylation is 1. The summed E-state index contributed by atoms with van der Waals surface area (Å²) < 4.78 is 10.4. The van der Waals surface area contributed by atoms with E-state index >= 15 is 0 Å². The van der Waals surface area contributed by atoms with Gasteiger partial charge < -0.3 is 20.1 Å². The first kappa shape index (κ1) is 17.1. The van der Waals surface area contributed by atoms with Crippen molar-refractivity contribution in [2.45, 2.75) is 39.7 Å². The van der Waals surface area contributed by atoms with Crippen molar-refractivity contribution in [2.75, 3.05) is 25.5 Å². The summed E-state index contributed by atoms with van der Waals surface area (Å²) in [5.41, 5.74) is 1.68. The molecule has 1 amide bonds. The molecule has 1 aromatic rings. The third kappa shape index (κ3) is 6.88. The second-order valence-electron chi connectivity index (χ2n) is 5.89.